The molecule has 4 rings (SSSR count). The number of carbonyl (C=O) groups excluding carboxylic acids is 2. The van der Waals surface area contributed by atoms with Gasteiger partial charge in [-0.3, -0.25) is 9.59 Å². The number of carbonyl (C=O) groups is 2. The number of rotatable bonds is 3. The number of fused-ring (bicyclic) bond motifs is 3. The van der Waals surface area contributed by atoms with Gasteiger partial charge in [-0.15, -0.1) is 0 Å². The molecule has 4 saturated carbocycles. The van der Waals surface area contributed by atoms with Crippen LogP contribution >= 0.6 is 0 Å². The Morgan fingerprint density at radius 2 is 1.77 bits per heavy atom. The van der Waals surface area contributed by atoms with Crippen molar-refractivity contribution >= 4 is 11.9 Å². The highest BCUT2D eigenvalue weighted by molar-refractivity contribution is 5.66. The summed E-state index contributed by atoms with van der Waals surface area (Å²) in [5.41, 5.74) is -1.64. The van der Waals surface area contributed by atoms with Crippen LogP contribution in [-0.4, -0.2) is 46.6 Å². The van der Waals surface area contributed by atoms with Crippen molar-refractivity contribution in [2.45, 2.75) is 97.4 Å². The van der Waals surface area contributed by atoms with Crippen LogP contribution in [0.1, 0.15) is 79.6 Å². The van der Waals surface area contributed by atoms with Crippen molar-refractivity contribution in [3.8, 4) is 0 Å². The smallest absolute Gasteiger partial charge is 0.302 e. The predicted molar refractivity (Wildman–Crippen MR) is 110 cm³/mol. The molecule has 4 aliphatic carbocycles. The predicted octanol–water partition coefficient (Wildman–Crippen LogP) is 3.23. The molecule has 0 aromatic rings. The molecule has 0 radical (unpaired) electrons. The van der Waals surface area contributed by atoms with E-state index < -0.39 is 23.1 Å². The van der Waals surface area contributed by atoms with E-state index >= 15 is 0 Å². The summed E-state index contributed by atoms with van der Waals surface area (Å²) in [7, 11) is 0. The first-order chi connectivity index (χ1) is 13.8. The zero-order valence-corrected chi connectivity index (χ0v) is 19.1. The Labute approximate surface area is 179 Å². The van der Waals surface area contributed by atoms with Gasteiger partial charge in [0.2, 0.25) is 0 Å². The molecule has 0 heterocycles. The first-order valence-corrected chi connectivity index (χ1v) is 11.6. The van der Waals surface area contributed by atoms with Crippen molar-refractivity contribution in [3.63, 3.8) is 0 Å². The lowest BCUT2D eigenvalue weighted by molar-refractivity contribution is -0.235. The molecule has 8 atom stereocenters. The molecule has 0 aromatic carbocycles. The van der Waals surface area contributed by atoms with Crippen LogP contribution in [-0.2, 0) is 19.1 Å². The number of ether oxygens (including phenoxy) is 2. The summed E-state index contributed by atoms with van der Waals surface area (Å²) in [6, 6.07) is 0. The Balaban J connectivity index is 1.79. The summed E-state index contributed by atoms with van der Waals surface area (Å²) in [6.45, 7) is 9.67. The van der Waals surface area contributed by atoms with Gasteiger partial charge in [0.05, 0.1) is 6.10 Å². The van der Waals surface area contributed by atoms with Gasteiger partial charge in [0.25, 0.3) is 0 Å². The molecule has 2 bridgehead atoms. The quantitative estimate of drug-likeness (QED) is 0.679. The van der Waals surface area contributed by atoms with E-state index in [4.69, 9.17) is 9.47 Å². The Bertz CT molecular complexity index is 733. The number of aliphatic hydroxyl groups excluding tert-OH is 1. The number of hydrogen-bond donors (Lipinski definition) is 2. The number of aliphatic hydroxyl groups is 2. The van der Waals surface area contributed by atoms with Gasteiger partial charge in [0, 0.05) is 19.3 Å². The maximum atomic E-state index is 12.1. The summed E-state index contributed by atoms with van der Waals surface area (Å²) in [5, 5.41) is 23.0. The van der Waals surface area contributed by atoms with Gasteiger partial charge in [-0.05, 0) is 67.1 Å². The topological polar surface area (TPSA) is 93.1 Å². The summed E-state index contributed by atoms with van der Waals surface area (Å²) in [4.78, 5) is 23.5. The molecule has 0 saturated heterocycles. The van der Waals surface area contributed by atoms with E-state index in [1.165, 1.54) is 13.8 Å². The van der Waals surface area contributed by atoms with Crippen LogP contribution in [0.2, 0.25) is 0 Å². The third-order valence-corrected chi connectivity index (χ3v) is 9.46. The first kappa shape index (κ1) is 22.1. The lowest BCUT2D eigenvalue weighted by Gasteiger charge is -2.66. The third kappa shape index (κ3) is 3.12. The molecular formula is C24H38O6. The minimum Gasteiger partial charge on any atom is -0.463 e. The van der Waals surface area contributed by atoms with Gasteiger partial charge >= 0.3 is 11.9 Å². The summed E-state index contributed by atoms with van der Waals surface area (Å²) >= 11 is 0. The molecule has 0 aliphatic heterocycles. The van der Waals surface area contributed by atoms with E-state index in [1.54, 1.807) is 0 Å². The maximum absolute atomic E-state index is 12.1. The van der Waals surface area contributed by atoms with Gasteiger partial charge in [-0.25, -0.2) is 0 Å². The van der Waals surface area contributed by atoms with Crippen LogP contribution < -0.4 is 0 Å². The molecule has 30 heavy (non-hydrogen) atoms. The third-order valence-electron chi connectivity index (χ3n) is 9.46. The maximum Gasteiger partial charge on any atom is 0.302 e. The largest absolute Gasteiger partial charge is 0.463 e. The van der Waals surface area contributed by atoms with E-state index in [2.05, 4.69) is 20.8 Å². The number of hydrogen-bond acceptors (Lipinski definition) is 6. The second-order valence-electron chi connectivity index (χ2n) is 11.7. The van der Waals surface area contributed by atoms with Gasteiger partial charge < -0.3 is 19.7 Å². The van der Waals surface area contributed by atoms with Crippen molar-refractivity contribution < 1.29 is 29.3 Å². The van der Waals surface area contributed by atoms with Crippen molar-refractivity contribution in [3.05, 3.63) is 0 Å². The average Bonchev–Trinajstić information content (AvgIpc) is 2.82. The van der Waals surface area contributed by atoms with Crippen molar-refractivity contribution in [2.24, 2.45) is 34.0 Å². The molecular weight excluding hydrogens is 384 g/mol. The van der Waals surface area contributed by atoms with Crippen LogP contribution in [0.3, 0.4) is 0 Å². The molecule has 4 aliphatic rings. The van der Waals surface area contributed by atoms with Crippen molar-refractivity contribution in [1.82, 2.24) is 0 Å². The molecule has 6 nitrogen and oxygen atoms in total. The van der Waals surface area contributed by atoms with E-state index in [-0.39, 0.29) is 41.3 Å². The highest BCUT2D eigenvalue weighted by Crippen LogP contribution is 2.73. The van der Waals surface area contributed by atoms with E-state index in [1.807, 2.05) is 0 Å². The standard InChI is InChI=1S/C24H38O6/c1-14(25)29-13-24(28)12-23-11-16(24)9-17(27)20(23)22(5)8-6-7-21(3,4)18(22)10-19(23)30-15(2)26/h16-20,27-28H,6-13H2,1-5H3/t16-,17+,18-,19+,20+,22-,23+,24+/m1/s1. The van der Waals surface area contributed by atoms with Crippen molar-refractivity contribution in [1.29, 1.82) is 0 Å². The minimum absolute atomic E-state index is 0.0460. The zero-order chi connectivity index (χ0) is 22.1. The van der Waals surface area contributed by atoms with Crippen LogP contribution in [0.5, 0.6) is 0 Å². The molecule has 6 heteroatoms. The fourth-order valence-electron chi connectivity index (χ4n) is 8.66. The normalized spacial score (nSPS) is 49.0. The van der Waals surface area contributed by atoms with Gasteiger partial charge in [-0.1, -0.05) is 27.2 Å². The fourth-order valence-corrected chi connectivity index (χ4v) is 8.66. The van der Waals surface area contributed by atoms with Crippen LogP contribution in [0.25, 0.3) is 0 Å². The molecule has 1 spiro atoms. The minimum atomic E-state index is -1.19. The van der Waals surface area contributed by atoms with Crippen molar-refractivity contribution in [2.75, 3.05) is 6.61 Å². The fraction of sp³-hybridized carbons (Fsp3) is 0.917. The molecule has 2 N–H and O–H groups in total. The van der Waals surface area contributed by atoms with Crippen LogP contribution in [0, 0.1) is 34.0 Å². The molecule has 0 amide bonds. The molecule has 0 unspecified atom stereocenters. The SMILES string of the molecule is CC(=O)OC[C@@]1(O)C[C@]23C[C@H]1C[C@H](O)[C@H]2[C@]1(C)CCCC(C)(C)[C@H]1C[C@@H]3OC(C)=O. The summed E-state index contributed by atoms with van der Waals surface area (Å²) in [6.07, 6.45) is 4.78. The Kier molecular flexibility index (Phi) is 5.10. The van der Waals surface area contributed by atoms with Crippen LogP contribution in [0.15, 0.2) is 0 Å². The highest BCUT2D eigenvalue weighted by Gasteiger charge is 2.73. The Morgan fingerprint density at radius 1 is 1.07 bits per heavy atom. The van der Waals surface area contributed by atoms with Crippen LogP contribution in [0.4, 0.5) is 0 Å². The lowest BCUT2D eigenvalue weighted by atomic mass is 9.40. The second kappa shape index (κ2) is 6.93. The molecule has 170 valence electrons. The molecule has 4 fully saturated rings. The zero-order valence-electron chi connectivity index (χ0n) is 19.1. The monoisotopic (exact) mass is 422 g/mol. The van der Waals surface area contributed by atoms with E-state index in [0.717, 1.165) is 25.7 Å². The van der Waals surface area contributed by atoms with E-state index in [0.29, 0.717) is 25.2 Å². The van der Waals surface area contributed by atoms with Gasteiger partial charge in [0.15, 0.2) is 0 Å². The Morgan fingerprint density at radius 3 is 2.40 bits per heavy atom. The molecule has 0 aromatic heterocycles. The number of esters is 2. The highest BCUT2D eigenvalue weighted by atomic mass is 16.5. The van der Waals surface area contributed by atoms with E-state index in [9.17, 15) is 19.8 Å². The van der Waals surface area contributed by atoms with Gasteiger partial charge in [-0.2, -0.15) is 0 Å². The lowest BCUT2D eigenvalue weighted by Crippen LogP contribution is -2.65. The Hall–Kier alpha value is -1.14. The summed E-state index contributed by atoms with van der Waals surface area (Å²) in [5.74, 6) is -0.599. The first-order valence-electron chi connectivity index (χ1n) is 11.6. The average molecular weight is 423 g/mol. The summed E-state index contributed by atoms with van der Waals surface area (Å²) < 4.78 is 11.2. The van der Waals surface area contributed by atoms with Gasteiger partial charge in [0.1, 0.15) is 18.3 Å². The second-order valence-corrected chi connectivity index (χ2v) is 11.7.